The summed E-state index contributed by atoms with van der Waals surface area (Å²) < 4.78 is 20.4. The standard InChI is InChI=1S/C19H25NO3S/c21-19(20-24(22)16-11-5-2-6-12-16)23-18-14-8-7-13-17(18)15-9-3-1-4-10-15/h1,3-5,9-11,16-18H,2,6-8,12-14H2,(H,20,21). The molecule has 0 radical (unpaired) electrons. The molecule has 4 atom stereocenters. The molecule has 1 aromatic rings. The molecule has 1 saturated carbocycles. The number of hydrogen-bond donors (Lipinski definition) is 1. The minimum atomic E-state index is -1.41. The fourth-order valence-corrected chi connectivity index (χ4v) is 4.60. The molecule has 1 fully saturated rings. The Hall–Kier alpha value is -1.62. The van der Waals surface area contributed by atoms with Crippen LogP contribution in [0.4, 0.5) is 4.79 Å². The maximum Gasteiger partial charge on any atom is 0.419 e. The third-order valence-electron chi connectivity index (χ3n) is 4.86. The average molecular weight is 347 g/mol. The third-order valence-corrected chi connectivity index (χ3v) is 6.17. The van der Waals surface area contributed by atoms with E-state index < -0.39 is 17.1 Å². The first-order chi connectivity index (χ1) is 11.7. The molecule has 24 heavy (non-hydrogen) atoms. The van der Waals surface area contributed by atoms with Gasteiger partial charge in [-0.1, -0.05) is 48.9 Å². The monoisotopic (exact) mass is 347 g/mol. The van der Waals surface area contributed by atoms with E-state index in [1.807, 2.05) is 30.4 Å². The van der Waals surface area contributed by atoms with Crippen LogP contribution >= 0.6 is 0 Å². The van der Waals surface area contributed by atoms with Crippen molar-refractivity contribution in [1.82, 2.24) is 4.72 Å². The number of allylic oxidation sites excluding steroid dienone is 1. The summed E-state index contributed by atoms with van der Waals surface area (Å²) in [6.07, 6.45) is 10.3. The van der Waals surface area contributed by atoms with Crippen molar-refractivity contribution in [3.63, 3.8) is 0 Å². The molecule has 2 aliphatic carbocycles. The lowest BCUT2D eigenvalue weighted by atomic mass is 9.81. The lowest BCUT2D eigenvalue weighted by Gasteiger charge is -2.31. The zero-order valence-corrected chi connectivity index (χ0v) is 14.7. The van der Waals surface area contributed by atoms with Gasteiger partial charge in [-0.05, 0) is 44.1 Å². The highest BCUT2D eigenvalue weighted by molar-refractivity contribution is 7.84. The van der Waals surface area contributed by atoms with Gasteiger partial charge in [0, 0.05) is 5.92 Å². The van der Waals surface area contributed by atoms with E-state index in [-0.39, 0.29) is 17.3 Å². The summed E-state index contributed by atoms with van der Waals surface area (Å²) in [6, 6.07) is 10.2. The number of rotatable bonds is 4. The molecule has 0 bridgehead atoms. The molecular formula is C19H25NO3S. The van der Waals surface area contributed by atoms with Gasteiger partial charge in [-0.2, -0.15) is 0 Å². The maximum atomic E-state index is 12.2. The van der Waals surface area contributed by atoms with Gasteiger partial charge in [0.1, 0.15) is 17.1 Å². The zero-order chi connectivity index (χ0) is 16.8. The van der Waals surface area contributed by atoms with Crippen molar-refractivity contribution in [2.45, 2.75) is 62.2 Å². The molecule has 4 unspecified atom stereocenters. The molecular weight excluding hydrogens is 322 g/mol. The number of ether oxygens (including phenoxy) is 1. The number of hydrogen-bond acceptors (Lipinski definition) is 3. The molecule has 130 valence electrons. The molecule has 0 aliphatic heterocycles. The Balaban J connectivity index is 1.58. The van der Waals surface area contributed by atoms with E-state index >= 15 is 0 Å². The van der Waals surface area contributed by atoms with Crippen molar-refractivity contribution in [2.75, 3.05) is 0 Å². The lowest BCUT2D eigenvalue weighted by molar-refractivity contribution is 0.0652. The summed E-state index contributed by atoms with van der Waals surface area (Å²) in [5.41, 5.74) is 1.21. The van der Waals surface area contributed by atoms with Gasteiger partial charge in [0.05, 0.1) is 5.25 Å². The summed E-state index contributed by atoms with van der Waals surface area (Å²) in [7, 11) is -1.41. The van der Waals surface area contributed by atoms with Crippen molar-refractivity contribution >= 4 is 17.1 Å². The van der Waals surface area contributed by atoms with Gasteiger partial charge < -0.3 is 4.74 Å². The second-order valence-corrected chi connectivity index (χ2v) is 7.95. The number of carbonyl (C=O) groups is 1. The second kappa shape index (κ2) is 8.47. The van der Waals surface area contributed by atoms with E-state index in [1.54, 1.807) is 0 Å². The van der Waals surface area contributed by atoms with Crippen molar-refractivity contribution < 1.29 is 13.7 Å². The van der Waals surface area contributed by atoms with Crippen LogP contribution < -0.4 is 4.72 Å². The summed E-state index contributed by atoms with van der Waals surface area (Å²) >= 11 is 0. The highest BCUT2D eigenvalue weighted by Gasteiger charge is 2.30. The van der Waals surface area contributed by atoms with Gasteiger partial charge in [0.2, 0.25) is 0 Å². The first-order valence-corrected chi connectivity index (χ1v) is 10.0. The van der Waals surface area contributed by atoms with E-state index in [0.717, 1.165) is 44.9 Å². The van der Waals surface area contributed by atoms with Gasteiger partial charge in [-0.25, -0.2) is 13.7 Å². The van der Waals surface area contributed by atoms with Gasteiger partial charge in [-0.15, -0.1) is 0 Å². The molecule has 1 N–H and O–H groups in total. The van der Waals surface area contributed by atoms with Crippen LogP contribution in [0.25, 0.3) is 0 Å². The Morgan fingerprint density at radius 3 is 2.62 bits per heavy atom. The molecule has 5 heteroatoms. The van der Waals surface area contributed by atoms with E-state index in [1.165, 1.54) is 5.56 Å². The normalized spacial score (nSPS) is 28.1. The van der Waals surface area contributed by atoms with Crippen LogP contribution in [0.5, 0.6) is 0 Å². The van der Waals surface area contributed by atoms with Crippen molar-refractivity contribution in [3.8, 4) is 0 Å². The Morgan fingerprint density at radius 1 is 1.08 bits per heavy atom. The van der Waals surface area contributed by atoms with Crippen molar-refractivity contribution in [3.05, 3.63) is 48.0 Å². The van der Waals surface area contributed by atoms with E-state index in [2.05, 4.69) is 16.9 Å². The van der Waals surface area contributed by atoms with Crippen LogP contribution in [0.1, 0.15) is 56.4 Å². The fourth-order valence-electron chi connectivity index (χ4n) is 3.60. The van der Waals surface area contributed by atoms with E-state index in [0.29, 0.717) is 0 Å². The van der Waals surface area contributed by atoms with Crippen LogP contribution in [0.3, 0.4) is 0 Å². The van der Waals surface area contributed by atoms with Crippen LogP contribution in [-0.4, -0.2) is 21.7 Å². The molecule has 3 rings (SSSR count). The Bertz CT molecular complexity index is 602. The Labute approximate surface area is 146 Å². The Morgan fingerprint density at radius 2 is 1.88 bits per heavy atom. The van der Waals surface area contributed by atoms with Gasteiger partial charge in [0.25, 0.3) is 0 Å². The first-order valence-electron chi connectivity index (χ1n) is 8.83. The second-order valence-electron chi connectivity index (χ2n) is 6.54. The molecule has 0 heterocycles. The third kappa shape index (κ3) is 4.47. The van der Waals surface area contributed by atoms with E-state index in [4.69, 9.17) is 4.74 Å². The highest BCUT2D eigenvalue weighted by Crippen LogP contribution is 2.35. The molecule has 0 spiro atoms. The maximum absolute atomic E-state index is 12.2. The van der Waals surface area contributed by atoms with Crippen LogP contribution in [0, 0.1) is 0 Å². The largest absolute Gasteiger partial charge is 0.445 e. The van der Waals surface area contributed by atoms with Crippen LogP contribution in [0.15, 0.2) is 42.5 Å². The fraction of sp³-hybridized carbons (Fsp3) is 0.526. The average Bonchev–Trinajstić information content (AvgIpc) is 2.63. The van der Waals surface area contributed by atoms with Crippen LogP contribution in [-0.2, 0) is 15.7 Å². The van der Waals surface area contributed by atoms with Crippen LogP contribution in [0.2, 0.25) is 0 Å². The highest BCUT2D eigenvalue weighted by atomic mass is 32.2. The smallest absolute Gasteiger partial charge is 0.419 e. The minimum Gasteiger partial charge on any atom is -0.445 e. The topological polar surface area (TPSA) is 55.4 Å². The lowest BCUT2D eigenvalue weighted by Crippen LogP contribution is -2.37. The molecule has 0 saturated heterocycles. The van der Waals surface area contributed by atoms with E-state index in [9.17, 15) is 9.00 Å². The molecule has 4 nitrogen and oxygen atoms in total. The van der Waals surface area contributed by atoms with Gasteiger partial charge in [0.15, 0.2) is 0 Å². The summed E-state index contributed by atoms with van der Waals surface area (Å²) in [6.45, 7) is 0. The number of carbonyl (C=O) groups excluding carboxylic acids is 1. The predicted octanol–water partition coefficient (Wildman–Crippen LogP) is 4.21. The molecule has 1 amide bonds. The number of amides is 1. The van der Waals surface area contributed by atoms with Gasteiger partial charge >= 0.3 is 6.09 Å². The zero-order valence-electron chi connectivity index (χ0n) is 13.9. The minimum absolute atomic E-state index is 0.0948. The summed E-state index contributed by atoms with van der Waals surface area (Å²) in [4.78, 5) is 12.2. The molecule has 2 aliphatic rings. The molecule has 1 aromatic carbocycles. The van der Waals surface area contributed by atoms with Crippen molar-refractivity contribution in [1.29, 1.82) is 0 Å². The number of benzene rings is 1. The number of nitrogens with one attached hydrogen (secondary N) is 1. The summed E-state index contributed by atoms with van der Waals surface area (Å²) in [5, 5.41) is -0.0948. The predicted molar refractivity (Wildman–Crippen MR) is 96.0 cm³/mol. The van der Waals surface area contributed by atoms with Gasteiger partial charge in [-0.3, -0.25) is 0 Å². The van der Waals surface area contributed by atoms with Crippen molar-refractivity contribution in [2.24, 2.45) is 0 Å². The SMILES string of the molecule is O=C(NS(=O)C1C=CCCC1)OC1CCCCC1c1ccccc1. The summed E-state index contributed by atoms with van der Waals surface area (Å²) in [5.74, 6) is 0.230. The first kappa shape index (κ1) is 17.2. The molecule has 0 aromatic heterocycles. The Kier molecular flexibility index (Phi) is 6.07. The quantitative estimate of drug-likeness (QED) is 0.830.